The molecule has 0 spiro atoms. The number of urea groups is 1. The Balaban J connectivity index is 1.63. The zero-order valence-electron chi connectivity index (χ0n) is 13.7. The van der Waals surface area contributed by atoms with Crippen LogP contribution >= 0.6 is 11.3 Å². The van der Waals surface area contributed by atoms with Crippen LogP contribution in [0, 0.1) is 0 Å². The van der Waals surface area contributed by atoms with Gasteiger partial charge in [-0.25, -0.2) is 4.79 Å². The van der Waals surface area contributed by atoms with Crippen LogP contribution in [0.15, 0.2) is 22.9 Å². The smallest absolute Gasteiger partial charge is 0.317 e. The van der Waals surface area contributed by atoms with Gasteiger partial charge in [-0.2, -0.15) is 16.4 Å². The maximum atomic E-state index is 11.6. The maximum absolute atomic E-state index is 11.6. The molecule has 23 heavy (non-hydrogen) atoms. The van der Waals surface area contributed by atoms with Gasteiger partial charge in [0.15, 0.2) is 0 Å². The second-order valence-electron chi connectivity index (χ2n) is 6.10. The van der Waals surface area contributed by atoms with Crippen molar-refractivity contribution in [2.24, 2.45) is 0 Å². The van der Waals surface area contributed by atoms with Crippen molar-refractivity contribution in [3.8, 4) is 0 Å². The maximum Gasteiger partial charge on any atom is 0.317 e. The van der Waals surface area contributed by atoms with Crippen molar-refractivity contribution in [3.63, 3.8) is 0 Å². The number of carbonyl (C=O) groups is 1. The van der Waals surface area contributed by atoms with Crippen LogP contribution in [0.4, 0.5) is 4.79 Å². The topological polar surface area (TPSA) is 53.4 Å². The van der Waals surface area contributed by atoms with Crippen LogP contribution in [0.3, 0.4) is 0 Å². The molecule has 0 atom stereocenters. The normalized spacial score (nSPS) is 15.0. The Morgan fingerprint density at radius 3 is 3.04 bits per heavy atom. The molecule has 2 aromatic heterocycles. The molecule has 0 aliphatic carbocycles. The predicted octanol–water partition coefficient (Wildman–Crippen LogP) is 2.12. The molecular formula is C16H23N5OS. The first kappa shape index (κ1) is 16.0. The van der Waals surface area contributed by atoms with E-state index in [4.69, 9.17) is 0 Å². The van der Waals surface area contributed by atoms with Crippen LogP contribution in [0.25, 0.3) is 0 Å². The summed E-state index contributed by atoms with van der Waals surface area (Å²) < 4.78 is 2.09. The van der Waals surface area contributed by atoms with Gasteiger partial charge in [0, 0.05) is 40.3 Å². The molecule has 1 aliphatic rings. The highest BCUT2D eigenvalue weighted by atomic mass is 32.1. The minimum absolute atomic E-state index is 0.0905. The third kappa shape index (κ3) is 4.11. The number of rotatable bonds is 4. The van der Waals surface area contributed by atoms with E-state index < -0.39 is 0 Å². The van der Waals surface area contributed by atoms with Crippen LogP contribution in [0.2, 0.25) is 0 Å². The zero-order valence-corrected chi connectivity index (χ0v) is 14.5. The molecule has 0 radical (unpaired) electrons. The lowest BCUT2D eigenvalue weighted by molar-refractivity contribution is 0.217. The first-order valence-corrected chi connectivity index (χ1v) is 8.80. The number of hydrogen-bond acceptors (Lipinski definition) is 4. The van der Waals surface area contributed by atoms with Gasteiger partial charge in [-0.15, -0.1) is 0 Å². The van der Waals surface area contributed by atoms with Crippen LogP contribution in [-0.4, -0.2) is 46.3 Å². The fraction of sp³-hybridized carbons (Fsp3) is 0.500. The molecular weight excluding hydrogens is 310 g/mol. The molecule has 0 bridgehead atoms. The van der Waals surface area contributed by atoms with Crippen molar-refractivity contribution < 1.29 is 4.79 Å². The van der Waals surface area contributed by atoms with Gasteiger partial charge in [0.05, 0.1) is 17.9 Å². The number of aryl methyl sites for hydroxylation is 1. The minimum atomic E-state index is -0.0905. The summed E-state index contributed by atoms with van der Waals surface area (Å²) in [4.78, 5) is 15.6. The number of aromatic nitrogens is 2. The van der Waals surface area contributed by atoms with Gasteiger partial charge in [0.2, 0.25) is 0 Å². The molecule has 0 saturated heterocycles. The van der Waals surface area contributed by atoms with E-state index >= 15 is 0 Å². The van der Waals surface area contributed by atoms with Gasteiger partial charge < -0.3 is 10.2 Å². The molecule has 1 N–H and O–H groups in total. The van der Waals surface area contributed by atoms with E-state index in [-0.39, 0.29) is 6.03 Å². The molecule has 2 aromatic rings. The molecule has 3 heterocycles. The third-order valence-corrected chi connectivity index (χ3v) is 4.69. The minimum Gasteiger partial charge on any atom is -0.332 e. The lowest BCUT2D eigenvalue weighted by Gasteiger charge is -2.18. The zero-order chi connectivity index (χ0) is 16.2. The van der Waals surface area contributed by atoms with Gasteiger partial charge in [0.1, 0.15) is 0 Å². The van der Waals surface area contributed by atoms with E-state index in [0.29, 0.717) is 6.54 Å². The van der Waals surface area contributed by atoms with Crippen molar-refractivity contribution in [2.75, 3.05) is 20.6 Å². The van der Waals surface area contributed by atoms with E-state index in [9.17, 15) is 4.79 Å². The van der Waals surface area contributed by atoms with Gasteiger partial charge >= 0.3 is 6.03 Å². The summed E-state index contributed by atoms with van der Waals surface area (Å²) >= 11 is 1.75. The molecule has 0 unspecified atom stereocenters. The van der Waals surface area contributed by atoms with Crippen molar-refractivity contribution in [1.29, 1.82) is 0 Å². The largest absolute Gasteiger partial charge is 0.332 e. The second-order valence-corrected chi connectivity index (χ2v) is 6.88. The van der Waals surface area contributed by atoms with Crippen LogP contribution in [-0.2, 0) is 26.2 Å². The molecule has 0 aromatic carbocycles. The highest BCUT2D eigenvalue weighted by molar-refractivity contribution is 7.07. The van der Waals surface area contributed by atoms with Gasteiger partial charge in [-0.1, -0.05) is 0 Å². The summed E-state index contributed by atoms with van der Waals surface area (Å²) in [5.74, 6) is 0. The lowest BCUT2D eigenvalue weighted by atomic mass is 10.2. The second kappa shape index (κ2) is 7.14. The summed E-state index contributed by atoms with van der Waals surface area (Å²) in [7, 11) is 3.47. The number of nitrogens with one attached hydrogen (secondary N) is 1. The van der Waals surface area contributed by atoms with Crippen molar-refractivity contribution >= 4 is 17.4 Å². The Hall–Kier alpha value is -1.86. The lowest BCUT2D eigenvalue weighted by Crippen LogP contribution is -2.34. The standard InChI is InChI=1S/C16H23N5OS/c1-19(2)16(22)17-9-14-8-15-11-20(5-3-6-21(15)18-14)10-13-4-7-23-12-13/h4,7-8,12H,3,5-6,9-11H2,1-2H3,(H,17,22). The fourth-order valence-corrected chi connectivity index (χ4v) is 3.43. The molecule has 2 amide bonds. The first-order valence-electron chi connectivity index (χ1n) is 7.86. The third-order valence-electron chi connectivity index (χ3n) is 3.96. The summed E-state index contributed by atoms with van der Waals surface area (Å²) in [6, 6.07) is 4.21. The van der Waals surface area contributed by atoms with Gasteiger partial charge in [-0.3, -0.25) is 9.58 Å². The summed E-state index contributed by atoms with van der Waals surface area (Å²) in [5, 5.41) is 11.8. The molecule has 1 aliphatic heterocycles. The van der Waals surface area contributed by atoms with E-state index in [0.717, 1.165) is 38.3 Å². The number of carbonyl (C=O) groups excluding carboxylic acids is 1. The van der Waals surface area contributed by atoms with Gasteiger partial charge in [-0.05, 0) is 34.9 Å². The summed E-state index contributed by atoms with van der Waals surface area (Å²) in [5.41, 5.74) is 3.53. The highest BCUT2D eigenvalue weighted by Gasteiger charge is 2.17. The summed E-state index contributed by atoms with van der Waals surface area (Å²) in [6.45, 7) is 4.40. The van der Waals surface area contributed by atoms with E-state index in [1.165, 1.54) is 16.2 Å². The average molecular weight is 333 g/mol. The molecule has 124 valence electrons. The number of hydrogen-bond donors (Lipinski definition) is 1. The van der Waals surface area contributed by atoms with Crippen LogP contribution < -0.4 is 5.32 Å². The summed E-state index contributed by atoms with van der Waals surface area (Å²) in [6.07, 6.45) is 1.10. The van der Waals surface area contributed by atoms with E-state index in [1.54, 1.807) is 25.4 Å². The van der Waals surface area contributed by atoms with Crippen LogP contribution in [0.1, 0.15) is 23.4 Å². The molecule has 0 saturated carbocycles. The fourth-order valence-electron chi connectivity index (χ4n) is 2.77. The molecule has 3 rings (SSSR count). The van der Waals surface area contributed by atoms with E-state index in [2.05, 4.69) is 42.9 Å². The Morgan fingerprint density at radius 2 is 2.30 bits per heavy atom. The average Bonchev–Trinajstić information content (AvgIpc) is 3.11. The monoisotopic (exact) mass is 333 g/mol. The number of fused-ring (bicyclic) bond motifs is 1. The number of nitrogens with zero attached hydrogens (tertiary/aromatic N) is 4. The molecule has 0 fully saturated rings. The van der Waals surface area contributed by atoms with Crippen molar-refractivity contribution in [3.05, 3.63) is 39.8 Å². The first-order chi connectivity index (χ1) is 11.1. The number of thiophene rings is 1. The highest BCUT2D eigenvalue weighted by Crippen LogP contribution is 2.17. The SMILES string of the molecule is CN(C)C(=O)NCc1cc2n(n1)CCCN(Cc1ccsc1)C2. The Bertz CT molecular complexity index is 649. The quantitative estimate of drug-likeness (QED) is 0.932. The van der Waals surface area contributed by atoms with E-state index in [1.807, 2.05) is 0 Å². The predicted molar refractivity (Wildman–Crippen MR) is 91.2 cm³/mol. The van der Waals surface area contributed by atoms with Crippen LogP contribution in [0.5, 0.6) is 0 Å². The Kier molecular flexibility index (Phi) is 4.97. The Labute approximate surface area is 140 Å². The van der Waals surface area contributed by atoms with Gasteiger partial charge in [0.25, 0.3) is 0 Å². The molecule has 6 nitrogen and oxygen atoms in total. The number of amides is 2. The molecule has 7 heteroatoms. The Morgan fingerprint density at radius 1 is 1.43 bits per heavy atom. The van der Waals surface area contributed by atoms with Crippen molar-refractivity contribution in [1.82, 2.24) is 24.9 Å². The van der Waals surface area contributed by atoms with Crippen molar-refractivity contribution in [2.45, 2.75) is 32.6 Å².